The molecule has 0 atom stereocenters. The van der Waals surface area contributed by atoms with Crippen LogP contribution >= 0.6 is 0 Å². The molecule has 1 saturated carbocycles. The Kier molecular flexibility index (Phi) is 6.18. The predicted molar refractivity (Wildman–Crippen MR) is 89.4 cm³/mol. The van der Waals surface area contributed by atoms with Crippen molar-refractivity contribution in [2.75, 3.05) is 25.0 Å². The van der Waals surface area contributed by atoms with E-state index < -0.39 is 0 Å². The van der Waals surface area contributed by atoms with Gasteiger partial charge in [0.2, 0.25) is 11.8 Å². The van der Waals surface area contributed by atoms with E-state index in [1.54, 1.807) is 6.07 Å². The van der Waals surface area contributed by atoms with E-state index in [0.717, 1.165) is 18.5 Å². The molecule has 23 heavy (non-hydrogen) atoms. The summed E-state index contributed by atoms with van der Waals surface area (Å²) >= 11 is 0. The number of nitrogens with zero attached hydrogens (tertiary/aromatic N) is 2. The number of anilines is 1. The fourth-order valence-electron chi connectivity index (χ4n) is 3.01. The van der Waals surface area contributed by atoms with Gasteiger partial charge < -0.3 is 9.63 Å². The molecule has 1 fully saturated rings. The van der Waals surface area contributed by atoms with Crippen molar-refractivity contribution in [2.24, 2.45) is 0 Å². The van der Waals surface area contributed by atoms with Crippen LogP contribution in [0.3, 0.4) is 0 Å². The summed E-state index contributed by atoms with van der Waals surface area (Å²) in [7, 11) is 0. The third-order valence-electron chi connectivity index (χ3n) is 4.37. The summed E-state index contributed by atoms with van der Waals surface area (Å²) in [5, 5.41) is 16.0. The zero-order valence-electron chi connectivity index (χ0n) is 14.5. The molecular formula is C17H29N3O3. The second-order valence-corrected chi connectivity index (χ2v) is 7.36. The summed E-state index contributed by atoms with van der Waals surface area (Å²) < 4.78 is 5.20. The van der Waals surface area contributed by atoms with Crippen LogP contribution in [0.25, 0.3) is 0 Å². The van der Waals surface area contributed by atoms with E-state index in [2.05, 4.69) is 15.4 Å². The summed E-state index contributed by atoms with van der Waals surface area (Å²) in [4.78, 5) is 14.4. The van der Waals surface area contributed by atoms with Gasteiger partial charge in [-0.15, -0.1) is 0 Å². The molecular weight excluding hydrogens is 294 g/mol. The summed E-state index contributed by atoms with van der Waals surface area (Å²) in [6.07, 6.45) is 5.87. The van der Waals surface area contributed by atoms with Gasteiger partial charge in [0, 0.05) is 24.1 Å². The highest BCUT2D eigenvalue weighted by molar-refractivity contribution is 5.91. The Morgan fingerprint density at radius 1 is 1.39 bits per heavy atom. The van der Waals surface area contributed by atoms with Crippen LogP contribution in [0.2, 0.25) is 0 Å². The number of aliphatic hydroxyl groups excluding tert-OH is 1. The number of rotatable bonds is 6. The summed E-state index contributed by atoms with van der Waals surface area (Å²) in [5.74, 6) is 0.258. The summed E-state index contributed by atoms with van der Waals surface area (Å²) in [5.41, 5.74) is 0.699. The smallest absolute Gasteiger partial charge is 0.240 e. The lowest BCUT2D eigenvalue weighted by Crippen LogP contribution is -2.43. The standard InChI is InChI=1S/C17H29N3O3/c1-17(2,3)14-11-16(23-19-14)18-15(22)12-20(9-10-21)13-7-5-4-6-8-13/h11,13,21H,4-10,12H2,1-3H3,(H,18,22). The van der Waals surface area contributed by atoms with Crippen LogP contribution in [0.15, 0.2) is 10.6 Å². The van der Waals surface area contributed by atoms with Gasteiger partial charge in [0.15, 0.2) is 0 Å². The largest absolute Gasteiger partial charge is 0.395 e. The Balaban J connectivity index is 1.92. The Morgan fingerprint density at radius 3 is 2.65 bits per heavy atom. The van der Waals surface area contributed by atoms with Gasteiger partial charge in [0.1, 0.15) is 0 Å². The Morgan fingerprint density at radius 2 is 2.09 bits per heavy atom. The molecule has 1 heterocycles. The van der Waals surface area contributed by atoms with Gasteiger partial charge in [-0.25, -0.2) is 0 Å². The SMILES string of the molecule is CC(C)(C)c1cc(NC(=O)CN(CCO)C2CCCCC2)on1. The third-order valence-corrected chi connectivity index (χ3v) is 4.37. The molecule has 0 radical (unpaired) electrons. The number of carbonyl (C=O) groups is 1. The Hall–Kier alpha value is -1.40. The molecule has 0 aromatic carbocycles. The zero-order chi connectivity index (χ0) is 16.9. The minimum Gasteiger partial charge on any atom is -0.395 e. The van der Waals surface area contributed by atoms with Gasteiger partial charge in [-0.2, -0.15) is 0 Å². The van der Waals surface area contributed by atoms with Crippen molar-refractivity contribution in [1.29, 1.82) is 0 Å². The van der Waals surface area contributed by atoms with Crippen LogP contribution in [0.1, 0.15) is 58.6 Å². The number of aromatic nitrogens is 1. The van der Waals surface area contributed by atoms with Gasteiger partial charge in [0.05, 0.1) is 18.8 Å². The monoisotopic (exact) mass is 323 g/mol. The quantitative estimate of drug-likeness (QED) is 0.841. The van der Waals surface area contributed by atoms with Gasteiger partial charge in [-0.1, -0.05) is 45.2 Å². The van der Waals surface area contributed by atoms with Gasteiger partial charge in [-0.05, 0) is 12.8 Å². The molecule has 6 heteroatoms. The van der Waals surface area contributed by atoms with Crippen LogP contribution in [-0.2, 0) is 10.2 Å². The molecule has 2 rings (SSSR count). The number of hydrogen-bond acceptors (Lipinski definition) is 5. The lowest BCUT2D eigenvalue weighted by molar-refractivity contribution is -0.118. The Bertz CT molecular complexity index is 501. The maximum absolute atomic E-state index is 12.3. The Labute approximate surface area is 138 Å². The third kappa shape index (κ3) is 5.32. The van der Waals surface area contributed by atoms with Crippen molar-refractivity contribution in [3.8, 4) is 0 Å². The van der Waals surface area contributed by atoms with Crippen molar-refractivity contribution in [2.45, 2.75) is 64.3 Å². The van der Waals surface area contributed by atoms with Crippen molar-refractivity contribution in [3.05, 3.63) is 11.8 Å². The topological polar surface area (TPSA) is 78.6 Å². The van der Waals surface area contributed by atoms with Crippen LogP contribution in [0, 0.1) is 0 Å². The van der Waals surface area contributed by atoms with E-state index in [0.29, 0.717) is 18.5 Å². The normalized spacial score (nSPS) is 16.7. The average molecular weight is 323 g/mol. The lowest BCUT2D eigenvalue weighted by Gasteiger charge is -2.33. The van der Waals surface area contributed by atoms with Crippen molar-refractivity contribution in [3.63, 3.8) is 0 Å². The first-order chi connectivity index (χ1) is 10.9. The molecule has 0 saturated heterocycles. The minimum atomic E-state index is -0.124. The number of aliphatic hydroxyl groups is 1. The van der Waals surface area contributed by atoms with E-state index in [9.17, 15) is 9.90 Å². The maximum atomic E-state index is 12.3. The molecule has 1 amide bonds. The number of amides is 1. The van der Waals surface area contributed by atoms with Gasteiger partial charge in [0.25, 0.3) is 0 Å². The van der Waals surface area contributed by atoms with Crippen LogP contribution in [0.5, 0.6) is 0 Å². The van der Waals surface area contributed by atoms with E-state index in [4.69, 9.17) is 4.52 Å². The molecule has 2 N–H and O–H groups in total. The molecule has 1 aliphatic rings. The molecule has 6 nitrogen and oxygen atoms in total. The molecule has 0 aliphatic heterocycles. The van der Waals surface area contributed by atoms with Crippen molar-refractivity contribution < 1.29 is 14.4 Å². The summed E-state index contributed by atoms with van der Waals surface area (Å²) in [6, 6.07) is 2.16. The molecule has 1 aliphatic carbocycles. The predicted octanol–water partition coefficient (Wildman–Crippen LogP) is 2.54. The van der Waals surface area contributed by atoms with E-state index in [-0.39, 0.29) is 24.5 Å². The second kappa shape index (κ2) is 7.93. The first-order valence-electron chi connectivity index (χ1n) is 8.52. The fraction of sp³-hybridized carbons (Fsp3) is 0.765. The highest BCUT2D eigenvalue weighted by Crippen LogP contribution is 2.24. The molecule has 1 aromatic heterocycles. The number of carbonyl (C=O) groups excluding carboxylic acids is 1. The average Bonchev–Trinajstić information content (AvgIpc) is 2.96. The molecule has 0 bridgehead atoms. The highest BCUT2D eigenvalue weighted by Gasteiger charge is 2.24. The van der Waals surface area contributed by atoms with Crippen molar-refractivity contribution in [1.82, 2.24) is 10.1 Å². The maximum Gasteiger partial charge on any atom is 0.240 e. The first-order valence-corrected chi connectivity index (χ1v) is 8.52. The van der Waals surface area contributed by atoms with E-state index in [1.807, 2.05) is 20.8 Å². The molecule has 0 spiro atoms. The van der Waals surface area contributed by atoms with E-state index in [1.165, 1.54) is 19.3 Å². The van der Waals surface area contributed by atoms with Gasteiger partial charge >= 0.3 is 0 Å². The first kappa shape index (κ1) is 17.9. The number of hydrogen-bond donors (Lipinski definition) is 2. The van der Waals surface area contributed by atoms with Crippen LogP contribution < -0.4 is 5.32 Å². The van der Waals surface area contributed by atoms with E-state index >= 15 is 0 Å². The fourth-order valence-corrected chi connectivity index (χ4v) is 3.01. The minimum absolute atomic E-state index is 0.0697. The van der Waals surface area contributed by atoms with Crippen LogP contribution in [0.4, 0.5) is 5.88 Å². The zero-order valence-corrected chi connectivity index (χ0v) is 14.5. The van der Waals surface area contributed by atoms with Crippen molar-refractivity contribution >= 4 is 11.8 Å². The highest BCUT2D eigenvalue weighted by atomic mass is 16.5. The molecule has 0 unspecified atom stereocenters. The lowest BCUT2D eigenvalue weighted by atomic mass is 9.92. The molecule has 130 valence electrons. The van der Waals surface area contributed by atoms with Gasteiger partial charge in [-0.3, -0.25) is 15.0 Å². The second-order valence-electron chi connectivity index (χ2n) is 7.36. The summed E-state index contributed by atoms with van der Waals surface area (Å²) in [6.45, 7) is 7.01. The molecule has 1 aromatic rings. The van der Waals surface area contributed by atoms with Crippen LogP contribution in [-0.4, -0.2) is 46.8 Å². The number of nitrogens with one attached hydrogen (secondary N) is 1.